The number of carbonyl (C=O) groups is 1. The first kappa shape index (κ1) is 13.7. The maximum absolute atomic E-state index is 12.3. The lowest BCUT2D eigenvalue weighted by Crippen LogP contribution is -2.51. The molecule has 0 aromatic rings. The molecule has 3 atom stereocenters. The van der Waals surface area contributed by atoms with Crippen LogP contribution in [-0.4, -0.2) is 5.78 Å². The largest absolute Gasteiger partial charge is 0.299 e. The fourth-order valence-corrected chi connectivity index (χ4v) is 4.85. The van der Waals surface area contributed by atoms with Gasteiger partial charge < -0.3 is 0 Å². The van der Waals surface area contributed by atoms with E-state index in [-0.39, 0.29) is 11.3 Å². The Morgan fingerprint density at radius 3 is 2.72 bits per heavy atom. The van der Waals surface area contributed by atoms with Crippen LogP contribution in [0.1, 0.15) is 65.7 Å². The standard InChI is InChI=1S/C17H26O/c1-5-6-8-13-14(18)9-10-15-16(2,3)11-7-12-17(13,15)4/h1,13,15H,6-12H2,2-4H3/t13-,15?,17+/m0/s1. The first-order valence-electron chi connectivity index (χ1n) is 7.38. The van der Waals surface area contributed by atoms with Crippen LogP contribution in [0.2, 0.25) is 0 Å². The lowest BCUT2D eigenvalue weighted by molar-refractivity contribution is -0.143. The number of Topliss-reactive ketones (excluding diaryl/α,β-unsaturated/α-hetero) is 1. The van der Waals surface area contributed by atoms with Gasteiger partial charge in [0.1, 0.15) is 5.78 Å². The van der Waals surface area contributed by atoms with E-state index >= 15 is 0 Å². The average Bonchev–Trinajstić information content (AvgIpc) is 2.27. The van der Waals surface area contributed by atoms with Crippen LogP contribution in [0.25, 0.3) is 0 Å². The summed E-state index contributed by atoms with van der Waals surface area (Å²) in [5.41, 5.74) is 0.593. The van der Waals surface area contributed by atoms with Crippen molar-refractivity contribution in [2.75, 3.05) is 0 Å². The minimum Gasteiger partial charge on any atom is -0.299 e. The fourth-order valence-electron chi connectivity index (χ4n) is 4.85. The number of hydrogen-bond acceptors (Lipinski definition) is 1. The molecule has 0 spiro atoms. The third kappa shape index (κ3) is 2.11. The van der Waals surface area contributed by atoms with Gasteiger partial charge in [-0.05, 0) is 42.4 Å². The quantitative estimate of drug-likeness (QED) is 0.667. The molecular weight excluding hydrogens is 220 g/mol. The van der Waals surface area contributed by atoms with Gasteiger partial charge in [0.05, 0.1) is 0 Å². The Bertz CT molecular complexity index is 374. The van der Waals surface area contributed by atoms with E-state index < -0.39 is 0 Å². The van der Waals surface area contributed by atoms with Crippen LogP contribution >= 0.6 is 0 Å². The van der Waals surface area contributed by atoms with Crippen molar-refractivity contribution in [3.8, 4) is 12.3 Å². The Labute approximate surface area is 112 Å². The molecule has 0 amide bonds. The van der Waals surface area contributed by atoms with Crippen LogP contribution in [0.15, 0.2) is 0 Å². The van der Waals surface area contributed by atoms with Gasteiger partial charge in [-0.15, -0.1) is 12.3 Å². The van der Waals surface area contributed by atoms with Gasteiger partial charge in [-0.25, -0.2) is 0 Å². The van der Waals surface area contributed by atoms with E-state index in [0.29, 0.717) is 17.1 Å². The first-order valence-corrected chi connectivity index (χ1v) is 7.38. The lowest BCUT2D eigenvalue weighted by Gasteiger charge is -2.56. The van der Waals surface area contributed by atoms with Gasteiger partial charge in [0.25, 0.3) is 0 Å². The molecule has 0 heterocycles. The molecule has 2 rings (SSSR count). The van der Waals surface area contributed by atoms with Crippen molar-refractivity contribution >= 4 is 5.78 Å². The average molecular weight is 246 g/mol. The molecule has 2 aliphatic rings. The number of carbonyl (C=O) groups excluding carboxylic acids is 1. The van der Waals surface area contributed by atoms with Crippen molar-refractivity contribution in [2.45, 2.75) is 65.7 Å². The monoisotopic (exact) mass is 246 g/mol. The fraction of sp³-hybridized carbons (Fsp3) is 0.824. The third-order valence-corrected chi connectivity index (χ3v) is 5.72. The second kappa shape index (κ2) is 4.72. The molecule has 18 heavy (non-hydrogen) atoms. The summed E-state index contributed by atoms with van der Waals surface area (Å²) in [5.74, 6) is 4.10. The third-order valence-electron chi connectivity index (χ3n) is 5.72. The molecule has 0 bridgehead atoms. The van der Waals surface area contributed by atoms with E-state index in [2.05, 4.69) is 26.7 Å². The maximum atomic E-state index is 12.3. The lowest BCUT2D eigenvalue weighted by atomic mass is 9.47. The molecule has 2 fully saturated rings. The van der Waals surface area contributed by atoms with Crippen molar-refractivity contribution < 1.29 is 4.79 Å². The number of rotatable bonds is 2. The molecule has 0 aliphatic heterocycles. The highest BCUT2D eigenvalue weighted by Gasteiger charge is 2.54. The van der Waals surface area contributed by atoms with E-state index in [4.69, 9.17) is 6.42 Å². The molecule has 1 unspecified atom stereocenters. The van der Waals surface area contributed by atoms with E-state index in [1.807, 2.05) is 0 Å². The predicted octanol–water partition coefficient (Wildman–Crippen LogP) is 4.21. The topological polar surface area (TPSA) is 17.1 Å². The molecule has 2 saturated carbocycles. The second-order valence-electron chi connectivity index (χ2n) is 7.20. The highest BCUT2D eigenvalue weighted by Crippen LogP contribution is 2.59. The zero-order valence-corrected chi connectivity index (χ0v) is 12.1. The van der Waals surface area contributed by atoms with Gasteiger partial charge in [0, 0.05) is 18.8 Å². The van der Waals surface area contributed by atoms with Gasteiger partial charge in [-0.2, -0.15) is 0 Å². The van der Waals surface area contributed by atoms with E-state index in [1.54, 1.807) is 0 Å². The SMILES string of the molecule is C#CCC[C@H]1C(=O)CCC2C(C)(C)CCC[C@@]21C. The van der Waals surface area contributed by atoms with Crippen LogP contribution in [0.3, 0.4) is 0 Å². The van der Waals surface area contributed by atoms with Crippen molar-refractivity contribution in [1.82, 2.24) is 0 Å². The Kier molecular flexibility index (Phi) is 3.58. The highest BCUT2D eigenvalue weighted by molar-refractivity contribution is 5.82. The summed E-state index contributed by atoms with van der Waals surface area (Å²) in [5, 5.41) is 0. The molecular formula is C17H26O. The summed E-state index contributed by atoms with van der Waals surface area (Å²) in [6, 6.07) is 0. The summed E-state index contributed by atoms with van der Waals surface area (Å²) in [7, 11) is 0. The van der Waals surface area contributed by atoms with Crippen molar-refractivity contribution in [3.05, 3.63) is 0 Å². The molecule has 0 saturated heterocycles. The van der Waals surface area contributed by atoms with Crippen LogP contribution in [0.5, 0.6) is 0 Å². The Morgan fingerprint density at radius 1 is 1.33 bits per heavy atom. The number of ketones is 1. The van der Waals surface area contributed by atoms with Gasteiger partial charge in [0.2, 0.25) is 0 Å². The van der Waals surface area contributed by atoms with Crippen molar-refractivity contribution in [1.29, 1.82) is 0 Å². The number of hydrogen-bond donors (Lipinski definition) is 0. The maximum Gasteiger partial charge on any atom is 0.136 e. The van der Waals surface area contributed by atoms with Gasteiger partial charge in [-0.1, -0.05) is 27.2 Å². The molecule has 0 aromatic heterocycles. The van der Waals surface area contributed by atoms with Crippen LogP contribution < -0.4 is 0 Å². The summed E-state index contributed by atoms with van der Waals surface area (Å²) in [6.07, 6.45) is 12.7. The minimum absolute atomic E-state index is 0.202. The van der Waals surface area contributed by atoms with Gasteiger partial charge in [0.15, 0.2) is 0 Å². The van der Waals surface area contributed by atoms with Crippen LogP contribution in [-0.2, 0) is 4.79 Å². The number of terminal acetylenes is 1. The van der Waals surface area contributed by atoms with Gasteiger partial charge in [-0.3, -0.25) is 4.79 Å². The highest BCUT2D eigenvalue weighted by atomic mass is 16.1. The molecule has 100 valence electrons. The van der Waals surface area contributed by atoms with E-state index in [9.17, 15) is 4.79 Å². The zero-order chi connectivity index (χ0) is 13.4. The van der Waals surface area contributed by atoms with Crippen molar-refractivity contribution in [2.24, 2.45) is 22.7 Å². The summed E-state index contributed by atoms with van der Waals surface area (Å²) < 4.78 is 0. The summed E-state index contributed by atoms with van der Waals surface area (Å²) in [6.45, 7) is 7.14. The zero-order valence-electron chi connectivity index (χ0n) is 12.1. The normalized spacial score (nSPS) is 38.9. The minimum atomic E-state index is 0.202. The Hall–Kier alpha value is -0.770. The molecule has 0 aromatic carbocycles. The smallest absolute Gasteiger partial charge is 0.136 e. The molecule has 0 radical (unpaired) electrons. The Morgan fingerprint density at radius 2 is 2.06 bits per heavy atom. The number of fused-ring (bicyclic) bond motifs is 1. The van der Waals surface area contributed by atoms with Gasteiger partial charge >= 0.3 is 0 Å². The van der Waals surface area contributed by atoms with E-state index in [1.165, 1.54) is 19.3 Å². The molecule has 0 N–H and O–H groups in total. The van der Waals surface area contributed by atoms with E-state index in [0.717, 1.165) is 25.7 Å². The second-order valence-corrected chi connectivity index (χ2v) is 7.20. The Balaban J connectivity index is 2.28. The van der Waals surface area contributed by atoms with Crippen LogP contribution in [0.4, 0.5) is 0 Å². The van der Waals surface area contributed by atoms with Crippen molar-refractivity contribution in [3.63, 3.8) is 0 Å². The first-order chi connectivity index (χ1) is 8.42. The summed E-state index contributed by atoms with van der Waals surface area (Å²) >= 11 is 0. The summed E-state index contributed by atoms with van der Waals surface area (Å²) in [4.78, 5) is 12.3. The van der Waals surface area contributed by atoms with Crippen LogP contribution in [0, 0.1) is 35.0 Å². The molecule has 1 heteroatoms. The predicted molar refractivity (Wildman–Crippen MR) is 75.0 cm³/mol. The molecule has 2 aliphatic carbocycles. The molecule has 1 nitrogen and oxygen atoms in total.